The van der Waals surface area contributed by atoms with E-state index in [0.29, 0.717) is 18.4 Å². The third-order valence-electron chi connectivity index (χ3n) is 3.05. The molecule has 0 aliphatic carbocycles. The van der Waals surface area contributed by atoms with Gasteiger partial charge in [0.2, 0.25) is 17.2 Å². The molecular weight excluding hydrogens is 296 g/mol. The molecule has 0 atom stereocenters. The molecule has 0 saturated carbocycles. The van der Waals surface area contributed by atoms with Crippen molar-refractivity contribution in [1.29, 1.82) is 0 Å². The van der Waals surface area contributed by atoms with Gasteiger partial charge in [-0.2, -0.15) is 15.0 Å². The van der Waals surface area contributed by atoms with Gasteiger partial charge in [-0.3, -0.25) is 0 Å². The van der Waals surface area contributed by atoms with Crippen molar-refractivity contribution in [3.63, 3.8) is 0 Å². The average Bonchev–Trinajstić information content (AvgIpc) is 3.07. The van der Waals surface area contributed by atoms with E-state index in [4.69, 9.17) is 11.6 Å². The highest BCUT2D eigenvalue weighted by Gasteiger charge is 2.16. The molecule has 1 fully saturated rings. The minimum absolute atomic E-state index is 0.222. The van der Waals surface area contributed by atoms with Gasteiger partial charge in [0.05, 0.1) is 6.54 Å². The minimum Gasteiger partial charge on any atom is -0.348 e. The second-order valence-corrected chi connectivity index (χ2v) is 5.94. The smallest absolute Gasteiger partial charge is 0.231 e. The van der Waals surface area contributed by atoms with Crippen LogP contribution >= 0.6 is 22.9 Å². The van der Waals surface area contributed by atoms with E-state index in [1.165, 1.54) is 12.8 Å². The molecule has 20 heavy (non-hydrogen) atoms. The average molecular weight is 311 g/mol. The number of thiazole rings is 1. The van der Waals surface area contributed by atoms with Gasteiger partial charge in [0.25, 0.3) is 0 Å². The number of nitrogens with one attached hydrogen (secondary N) is 1. The van der Waals surface area contributed by atoms with Crippen molar-refractivity contribution in [2.45, 2.75) is 26.3 Å². The van der Waals surface area contributed by atoms with Crippen LogP contribution in [0.3, 0.4) is 0 Å². The highest BCUT2D eigenvalue weighted by molar-refractivity contribution is 7.09. The van der Waals surface area contributed by atoms with Crippen LogP contribution in [-0.4, -0.2) is 33.0 Å². The van der Waals surface area contributed by atoms with Crippen molar-refractivity contribution in [2.75, 3.05) is 23.3 Å². The molecule has 1 aliphatic rings. The Balaban J connectivity index is 1.72. The van der Waals surface area contributed by atoms with Gasteiger partial charge in [-0.05, 0) is 31.4 Å². The Morgan fingerprint density at radius 2 is 2.05 bits per heavy atom. The molecule has 3 rings (SSSR count). The van der Waals surface area contributed by atoms with E-state index < -0.39 is 0 Å². The summed E-state index contributed by atoms with van der Waals surface area (Å²) in [5.74, 6) is 1.15. The standard InChI is InChI=1S/C12H15ClN6S/c1-8-7-20-9(15-8)6-14-11-16-10(13)17-12(18-11)19-4-2-3-5-19/h7H,2-6H2,1H3,(H,14,16,17,18). The Bertz CT molecular complexity index is 595. The van der Waals surface area contributed by atoms with Crippen LogP contribution in [0.1, 0.15) is 23.5 Å². The summed E-state index contributed by atoms with van der Waals surface area (Å²) in [6.07, 6.45) is 2.34. The van der Waals surface area contributed by atoms with Gasteiger partial charge in [0, 0.05) is 24.2 Å². The summed E-state index contributed by atoms with van der Waals surface area (Å²) in [7, 11) is 0. The maximum absolute atomic E-state index is 5.97. The molecule has 2 aromatic rings. The molecule has 0 unspecified atom stereocenters. The molecule has 0 radical (unpaired) electrons. The van der Waals surface area contributed by atoms with Crippen LogP contribution in [0.25, 0.3) is 0 Å². The highest BCUT2D eigenvalue weighted by Crippen LogP contribution is 2.19. The Morgan fingerprint density at radius 1 is 1.25 bits per heavy atom. The van der Waals surface area contributed by atoms with Gasteiger partial charge in [-0.25, -0.2) is 4.98 Å². The number of anilines is 2. The molecule has 0 spiro atoms. The van der Waals surface area contributed by atoms with Crippen molar-refractivity contribution in [3.05, 3.63) is 21.4 Å². The van der Waals surface area contributed by atoms with E-state index in [1.807, 2.05) is 12.3 Å². The van der Waals surface area contributed by atoms with Crippen LogP contribution in [0.15, 0.2) is 5.38 Å². The van der Waals surface area contributed by atoms with Gasteiger partial charge in [-0.15, -0.1) is 11.3 Å². The van der Waals surface area contributed by atoms with E-state index in [-0.39, 0.29) is 5.28 Å². The Hall–Kier alpha value is -1.47. The largest absolute Gasteiger partial charge is 0.348 e. The predicted octanol–water partition coefficient (Wildman–Crippen LogP) is 2.50. The molecule has 6 nitrogen and oxygen atoms in total. The zero-order valence-electron chi connectivity index (χ0n) is 11.1. The van der Waals surface area contributed by atoms with E-state index in [9.17, 15) is 0 Å². The van der Waals surface area contributed by atoms with Gasteiger partial charge in [-0.1, -0.05) is 0 Å². The zero-order chi connectivity index (χ0) is 13.9. The summed E-state index contributed by atoms with van der Waals surface area (Å²) in [4.78, 5) is 19.2. The molecule has 0 aromatic carbocycles. The molecule has 0 bridgehead atoms. The van der Waals surface area contributed by atoms with Crippen molar-refractivity contribution in [1.82, 2.24) is 19.9 Å². The van der Waals surface area contributed by atoms with Crippen LogP contribution in [0.2, 0.25) is 5.28 Å². The fraction of sp³-hybridized carbons (Fsp3) is 0.500. The number of aromatic nitrogens is 4. The molecule has 106 valence electrons. The summed E-state index contributed by atoms with van der Waals surface area (Å²) in [5.41, 5.74) is 1.03. The summed E-state index contributed by atoms with van der Waals surface area (Å²) < 4.78 is 0. The highest BCUT2D eigenvalue weighted by atomic mass is 35.5. The predicted molar refractivity (Wildman–Crippen MR) is 80.5 cm³/mol. The lowest BCUT2D eigenvalue weighted by Crippen LogP contribution is -2.21. The summed E-state index contributed by atoms with van der Waals surface area (Å²) in [6, 6.07) is 0. The van der Waals surface area contributed by atoms with Crippen LogP contribution in [-0.2, 0) is 6.54 Å². The maximum atomic E-state index is 5.97. The lowest BCUT2D eigenvalue weighted by molar-refractivity contribution is 0.875. The lowest BCUT2D eigenvalue weighted by Gasteiger charge is -2.15. The summed E-state index contributed by atoms with van der Waals surface area (Å²) in [5, 5.41) is 6.40. The normalized spacial score (nSPS) is 14.8. The zero-order valence-corrected chi connectivity index (χ0v) is 12.7. The first-order valence-electron chi connectivity index (χ1n) is 6.52. The van der Waals surface area contributed by atoms with Crippen LogP contribution in [0.5, 0.6) is 0 Å². The monoisotopic (exact) mass is 310 g/mol. The first kappa shape index (κ1) is 13.5. The molecule has 2 aromatic heterocycles. The number of halogens is 1. The molecular formula is C12H15ClN6S. The number of hydrogen-bond acceptors (Lipinski definition) is 7. The Labute approximate surface area is 126 Å². The van der Waals surface area contributed by atoms with Crippen LogP contribution in [0, 0.1) is 6.92 Å². The number of nitrogens with zero attached hydrogens (tertiary/aromatic N) is 5. The van der Waals surface area contributed by atoms with E-state index in [1.54, 1.807) is 11.3 Å². The molecule has 1 saturated heterocycles. The fourth-order valence-corrected chi connectivity index (χ4v) is 2.98. The second kappa shape index (κ2) is 5.88. The molecule has 8 heteroatoms. The van der Waals surface area contributed by atoms with Gasteiger partial charge < -0.3 is 10.2 Å². The third kappa shape index (κ3) is 3.16. The van der Waals surface area contributed by atoms with Crippen molar-refractivity contribution >= 4 is 34.8 Å². The molecule has 1 aliphatic heterocycles. The third-order valence-corrected chi connectivity index (χ3v) is 4.19. The van der Waals surface area contributed by atoms with Crippen molar-refractivity contribution in [3.8, 4) is 0 Å². The maximum Gasteiger partial charge on any atom is 0.231 e. The Kier molecular flexibility index (Phi) is 3.98. The number of hydrogen-bond donors (Lipinski definition) is 1. The second-order valence-electron chi connectivity index (χ2n) is 4.66. The molecule has 0 amide bonds. The minimum atomic E-state index is 0.222. The van der Waals surface area contributed by atoms with Gasteiger partial charge in [0.15, 0.2) is 0 Å². The first-order valence-corrected chi connectivity index (χ1v) is 7.78. The van der Waals surface area contributed by atoms with Crippen LogP contribution in [0.4, 0.5) is 11.9 Å². The van der Waals surface area contributed by atoms with Crippen LogP contribution < -0.4 is 10.2 Å². The SMILES string of the molecule is Cc1csc(CNc2nc(Cl)nc(N3CCCC3)n2)n1. The Morgan fingerprint density at radius 3 is 2.75 bits per heavy atom. The topological polar surface area (TPSA) is 66.8 Å². The fourth-order valence-electron chi connectivity index (χ4n) is 2.12. The van der Waals surface area contributed by atoms with E-state index >= 15 is 0 Å². The van der Waals surface area contributed by atoms with E-state index in [2.05, 4.69) is 30.2 Å². The number of rotatable bonds is 4. The van der Waals surface area contributed by atoms with E-state index in [0.717, 1.165) is 23.8 Å². The van der Waals surface area contributed by atoms with Gasteiger partial charge in [0.1, 0.15) is 5.01 Å². The van der Waals surface area contributed by atoms with Crippen molar-refractivity contribution in [2.24, 2.45) is 0 Å². The first-order chi connectivity index (χ1) is 9.70. The summed E-state index contributed by atoms with van der Waals surface area (Å²) >= 11 is 7.59. The quantitative estimate of drug-likeness (QED) is 0.936. The lowest BCUT2D eigenvalue weighted by atomic mass is 10.4. The molecule has 1 N–H and O–H groups in total. The van der Waals surface area contributed by atoms with Gasteiger partial charge >= 0.3 is 0 Å². The number of aryl methyl sites for hydroxylation is 1. The summed E-state index contributed by atoms with van der Waals surface area (Å²) in [6.45, 7) is 4.53. The molecule has 3 heterocycles. The van der Waals surface area contributed by atoms with Crippen molar-refractivity contribution < 1.29 is 0 Å².